The van der Waals surface area contributed by atoms with E-state index in [9.17, 15) is 14.9 Å². The normalized spacial score (nSPS) is 19.4. The molecule has 3 heterocycles. The fourth-order valence-corrected chi connectivity index (χ4v) is 5.84. The van der Waals surface area contributed by atoms with Crippen LogP contribution in [0.15, 0.2) is 59.3 Å². The third-order valence-corrected chi connectivity index (χ3v) is 7.98. The Hall–Kier alpha value is -3.35. The summed E-state index contributed by atoms with van der Waals surface area (Å²) in [6.07, 6.45) is 6.65. The molecule has 4 rings (SSSR count). The van der Waals surface area contributed by atoms with Crippen molar-refractivity contribution in [2.75, 3.05) is 38.0 Å². The van der Waals surface area contributed by atoms with Gasteiger partial charge in [-0.15, -0.1) is 0 Å². The molecule has 1 atom stereocenters. The number of nitrogens with one attached hydrogen (secondary N) is 2. The lowest BCUT2D eigenvalue weighted by Gasteiger charge is -2.26. The lowest BCUT2D eigenvalue weighted by atomic mass is 10.1. The van der Waals surface area contributed by atoms with Crippen LogP contribution >= 0.6 is 11.8 Å². The SMILES string of the molecule is CCN1C(=O)C(CNc2ccc(CCN3CCCCC3)cc2)S/C1=C(/C#N)C(=O)NCc1ccccn1. The lowest BCUT2D eigenvalue weighted by molar-refractivity contribution is -0.127. The highest BCUT2D eigenvalue weighted by Crippen LogP contribution is 2.37. The number of nitriles is 1. The van der Waals surface area contributed by atoms with E-state index in [-0.39, 0.29) is 18.0 Å². The smallest absolute Gasteiger partial charge is 0.264 e. The number of rotatable bonds is 10. The number of carbonyl (C=O) groups excluding carboxylic acids is 2. The van der Waals surface area contributed by atoms with Crippen molar-refractivity contribution in [2.45, 2.75) is 44.4 Å². The highest BCUT2D eigenvalue weighted by molar-refractivity contribution is 8.04. The topological polar surface area (TPSA) is 101 Å². The number of anilines is 1. The maximum Gasteiger partial charge on any atom is 0.264 e. The van der Waals surface area contributed by atoms with Crippen LogP contribution in [0.4, 0.5) is 5.69 Å². The van der Waals surface area contributed by atoms with E-state index in [1.54, 1.807) is 18.3 Å². The second-order valence-electron chi connectivity index (χ2n) is 9.21. The molecule has 2 aromatic rings. The van der Waals surface area contributed by atoms with Gasteiger partial charge in [0.2, 0.25) is 5.91 Å². The number of thioether (sulfide) groups is 1. The quantitative estimate of drug-likeness (QED) is 0.366. The third kappa shape index (κ3) is 7.12. The summed E-state index contributed by atoms with van der Waals surface area (Å²) in [6.45, 7) is 6.36. The molecule has 0 saturated carbocycles. The number of pyridine rings is 1. The molecule has 1 aromatic carbocycles. The molecule has 2 amide bonds. The molecule has 2 aliphatic heterocycles. The monoisotopic (exact) mass is 518 g/mol. The molecule has 0 bridgehead atoms. The van der Waals surface area contributed by atoms with E-state index in [1.807, 2.05) is 19.1 Å². The number of carbonyl (C=O) groups is 2. The van der Waals surface area contributed by atoms with Crippen molar-refractivity contribution in [3.63, 3.8) is 0 Å². The largest absolute Gasteiger partial charge is 0.383 e. The van der Waals surface area contributed by atoms with E-state index in [0.717, 1.165) is 18.7 Å². The second kappa shape index (κ2) is 13.3. The first kappa shape index (κ1) is 26.7. The standard InChI is InChI=1S/C28H34N6O2S/c1-2-34-27(36)25(37-28(34)24(18-29)26(35)32-19-23-8-4-5-14-30-23)20-31-22-11-9-21(10-12-22)13-17-33-15-6-3-7-16-33/h4-5,8-12,14,25,31H,2-3,6-7,13,15-17,19-20H2,1H3,(H,32,35)/b28-24-. The molecule has 194 valence electrons. The molecule has 0 aliphatic carbocycles. The van der Waals surface area contributed by atoms with E-state index in [0.29, 0.717) is 23.8 Å². The van der Waals surface area contributed by atoms with E-state index >= 15 is 0 Å². The van der Waals surface area contributed by atoms with Crippen molar-refractivity contribution < 1.29 is 9.59 Å². The maximum absolute atomic E-state index is 13.1. The summed E-state index contributed by atoms with van der Waals surface area (Å²) >= 11 is 1.27. The number of piperidine rings is 1. The predicted octanol–water partition coefficient (Wildman–Crippen LogP) is 3.54. The van der Waals surface area contributed by atoms with Gasteiger partial charge in [-0.2, -0.15) is 5.26 Å². The highest BCUT2D eigenvalue weighted by atomic mass is 32.2. The summed E-state index contributed by atoms with van der Waals surface area (Å²) < 4.78 is 0. The van der Waals surface area contributed by atoms with Crippen LogP contribution in [0.3, 0.4) is 0 Å². The molecule has 2 N–H and O–H groups in total. The summed E-state index contributed by atoms with van der Waals surface area (Å²) in [6, 6.07) is 15.8. The van der Waals surface area contributed by atoms with Crippen molar-refractivity contribution in [2.24, 2.45) is 0 Å². The fraction of sp³-hybridized carbons (Fsp3) is 0.429. The van der Waals surface area contributed by atoms with Crippen molar-refractivity contribution in [3.8, 4) is 6.07 Å². The molecule has 0 radical (unpaired) electrons. The van der Waals surface area contributed by atoms with Gasteiger partial charge in [-0.3, -0.25) is 14.6 Å². The van der Waals surface area contributed by atoms with Crippen LogP contribution in [0.5, 0.6) is 0 Å². The fourth-order valence-electron chi connectivity index (χ4n) is 4.57. The molecule has 9 heteroatoms. The zero-order valence-corrected chi connectivity index (χ0v) is 22.1. The Morgan fingerprint density at radius 1 is 1.16 bits per heavy atom. The predicted molar refractivity (Wildman–Crippen MR) is 146 cm³/mol. The first-order valence-corrected chi connectivity index (χ1v) is 13.8. The lowest BCUT2D eigenvalue weighted by Crippen LogP contribution is -2.33. The Balaban J connectivity index is 1.33. The Bertz CT molecular complexity index is 1140. The number of likely N-dealkylation sites (tertiary alicyclic amines) is 1. The number of nitrogens with zero attached hydrogens (tertiary/aromatic N) is 4. The van der Waals surface area contributed by atoms with Gasteiger partial charge >= 0.3 is 0 Å². The van der Waals surface area contributed by atoms with Crippen LogP contribution in [-0.2, 0) is 22.6 Å². The van der Waals surface area contributed by atoms with Gasteiger partial charge in [0.05, 0.1) is 12.2 Å². The molecule has 2 aliphatic rings. The third-order valence-electron chi connectivity index (χ3n) is 6.68. The second-order valence-corrected chi connectivity index (χ2v) is 10.4. The number of benzene rings is 1. The first-order chi connectivity index (χ1) is 18.1. The summed E-state index contributed by atoms with van der Waals surface area (Å²) in [4.78, 5) is 34.1. The van der Waals surface area contributed by atoms with E-state index < -0.39 is 11.2 Å². The first-order valence-electron chi connectivity index (χ1n) is 12.9. The van der Waals surface area contributed by atoms with Crippen LogP contribution in [0.1, 0.15) is 37.4 Å². The van der Waals surface area contributed by atoms with E-state index in [2.05, 4.69) is 44.8 Å². The summed E-state index contributed by atoms with van der Waals surface area (Å²) in [5.74, 6) is -0.603. The van der Waals surface area contributed by atoms with E-state index in [4.69, 9.17) is 0 Å². The zero-order chi connectivity index (χ0) is 26.0. The summed E-state index contributed by atoms with van der Waals surface area (Å²) in [5, 5.41) is 15.8. The van der Waals surface area contributed by atoms with Crippen LogP contribution in [0.2, 0.25) is 0 Å². The molecular formula is C28H34N6O2S. The highest BCUT2D eigenvalue weighted by Gasteiger charge is 2.38. The molecule has 1 unspecified atom stereocenters. The molecule has 2 saturated heterocycles. The van der Waals surface area contributed by atoms with Crippen molar-refractivity contribution in [1.82, 2.24) is 20.1 Å². The average molecular weight is 519 g/mol. The Morgan fingerprint density at radius 2 is 1.95 bits per heavy atom. The minimum Gasteiger partial charge on any atom is -0.383 e. The van der Waals surface area contributed by atoms with Gasteiger partial charge in [0, 0.05) is 31.5 Å². The number of hydrogen-bond acceptors (Lipinski definition) is 7. The summed E-state index contributed by atoms with van der Waals surface area (Å²) in [5.41, 5.74) is 2.90. The number of aromatic nitrogens is 1. The molecule has 0 spiro atoms. The van der Waals surface area contributed by atoms with Gasteiger partial charge in [-0.25, -0.2) is 0 Å². The average Bonchev–Trinajstić information content (AvgIpc) is 3.26. The Morgan fingerprint density at radius 3 is 2.62 bits per heavy atom. The van der Waals surface area contributed by atoms with Gasteiger partial charge in [-0.1, -0.05) is 36.4 Å². The van der Waals surface area contributed by atoms with Gasteiger partial charge in [0.15, 0.2) is 0 Å². The van der Waals surface area contributed by atoms with Crippen molar-refractivity contribution in [3.05, 3.63) is 70.5 Å². The molecule has 2 fully saturated rings. The number of amides is 2. The van der Waals surface area contributed by atoms with Gasteiger partial charge in [0.25, 0.3) is 5.91 Å². The van der Waals surface area contributed by atoms with Gasteiger partial charge < -0.3 is 20.4 Å². The zero-order valence-electron chi connectivity index (χ0n) is 21.3. The molecule has 37 heavy (non-hydrogen) atoms. The molecule has 8 nitrogen and oxygen atoms in total. The van der Waals surface area contributed by atoms with Crippen LogP contribution in [-0.4, -0.2) is 64.6 Å². The minimum atomic E-state index is -0.504. The minimum absolute atomic E-state index is 0.0447. The van der Waals surface area contributed by atoms with Crippen LogP contribution in [0, 0.1) is 11.3 Å². The van der Waals surface area contributed by atoms with E-state index in [1.165, 1.54) is 54.6 Å². The van der Waals surface area contributed by atoms with Crippen molar-refractivity contribution >= 4 is 29.3 Å². The van der Waals surface area contributed by atoms with Gasteiger partial charge in [-0.05, 0) is 69.1 Å². The summed E-state index contributed by atoms with van der Waals surface area (Å²) in [7, 11) is 0. The number of hydrogen-bond donors (Lipinski definition) is 2. The Kier molecular flexibility index (Phi) is 9.58. The molecule has 1 aromatic heterocycles. The van der Waals surface area contributed by atoms with Gasteiger partial charge in [0.1, 0.15) is 21.9 Å². The van der Waals surface area contributed by atoms with Crippen molar-refractivity contribution in [1.29, 1.82) is 5.26 Å². The van der Waals surface area contributed by atoms with Crippen LogP contribution in [0.25, 0.3) is 0 Å². The Labute approximate surface area is 223 Å². The maximum atomic E-state index is 13.1. The molecular weight excluding hydrogens is 484 g/mol. The van der Waals surface area contributed by atoms with Crippen LogP contribution < -0.4 is 10.6 Å².